The van der Waals surface area contributed by atoms with Crippen molar-refractivity contribution in [1.82, 2.24) is 25.2 Å². The Morgan fingerprint density at radius 3 is 2.47 bits per heavy atom. The molecule has 3 N–H and O–H groups in total. The summed E-state index contributed by atoms with van der Waals surface area (Å²) in [5, 5.41) is 11.6. The number of rotatable bonds is 14. The largest absolute Gasteiger partial charge is 0.372 e. The van der Waals surface area contributed by atoms with Crippen LogP contribution in [0.4, 0.5) is 5.82 Å². The zero-order chi connectivity index (χ0) is 26.0. The monoisotopic (exact) mass is 510 g/mol. The summed E-state index contributed by atoms with van der Waals surface area (Å²) in [6.07, 6.45) is 12.0. The summed E-state index contributed by atoms with van der Waals surface area (Å²) in [5.41, 5.74) is 5.33. The Bertz CT molecular complexity index is 1270. The molecule has 0 spiro atoms. The van der Waals surface area contributed by atoms with Crippen LogP contribution in [-0.4, -0.2) is 47.8 Å². The van der Waals surface area contributed by atoms with E-state index in [0.717, 1.165) is 68.2 Å². The molecule has 5 rings (SSSR count). The zero-order valence-corrected chi connectivity index (χ0v) is 22.7. The van der Waals surface area contributed by atoms with E-state index in [4.69, 9.17) is 0 Å². The Balaban J connectivity index is 0.943. The van der Waals surface area contributed by atoms with Crippen molar-refractivity contribution in [2.75, 3.05) is 38.5 Å². The molecule has 1 aliphatic carbocycles. The molecule has 2 aromatic carbocycles. The Morgan fingerprint density at radius 2 is 1.61 bits per heavy atom. The van der Waals surface area contributed by atoms with Gasteiger partial charge in [0.2, 0.25) is 0 Å². The Kier molecular flexibility index (Phi) is 9.40. The second-order valence-electron chi connectivity index (χ2n) is 10.6. The molecule has 6 heteroatoms. The first-order chi connectivity index (χ1) is 18.8. The number of aryl methyl sites for hydroxylation is 2. The molecule has 1 aliphatic rings. The number of anilines is 1. The molecule has 38 heavy (non-hydrogen) atoms. The Labute approximate surface area is 227 Å². The van der Waals surface area contributed by atoms with Crippen molar-refractivity contribution in [1.29, 1.82) is 0 Å². The van der Waals surface area contributed by atoms with E-state index in [9.17, 15) is 0 Å². The highest BCUT2D eigenvalue weighted by molar-refractivity contribution is 5.87. The summed E-state index contributed by atoms with van der Waals surface area (Å²) >= 11 is 0. The Morgan fingerprint density at radius 1 is 0.816 bits per heavy atom. The van der Waals surface area contributed by atoms with E-state index in [0.29, 0.717) is 6.04 Å². The lowest BCUT2D eigenvalue weighted by atomic mass is 10.0. The van der Waals surface area contributed by atoms with Crippen molar-refractivity contribution < 1.29 is 0 Å². The molecule has 0 radical (unpaired) electrons. The van der Waals surface area contributed by atoms with E-state index in [1.165, 1.54) is 42.4 Å². The minimum absolute atomic E-state index is 0.539. The summed E-state index contributed by atoms with van der Waals surface area (Å²) in [6, 6.07) is 22.5. The maximum atomic E-state index is 4.56. The van der Waals surface area contributed by atoms with Crippen LogP contribution >= 0.6 is 0 Å². The van der Waals surface area contributed by atoms with E-state index in [1.807, 2.05) is 7.05 Å². The van der Waals surface area contributed by atoms with Crippen LogP contribution in [0, 0.1) is 5.92 Å². The van der Waals surface area contributed by atoms with E-state index < -0.39 is 0 Å². The second kappa shape index (κ2) is 13.5. The molecule has 2 unspecified atom stereocenters. The molecule has 1 saturated carbocycles. The number of aromatic nitrogens is 3. The normalized spacial score (nSPS) is 17.3. The number of hydrogen-bond donors (Lipinski definition) is 3. The molecule has 200 valence electrons. The molecule has 2 aromatic heterocycles. The van der Waals surface area contributed by atoms with Gasteiger partial charge in [-0.2, -0.15) is 0 Å². The highest BCUT2D eigenvalue weighted by Crippen LogP contribution is 2.36. The van der Waals surface area contributed by atoms with E-state index in [-0.39, 0.29) is 0 Å². The van der Waals surface area contributed by atoms with Crippen LogP contribution in [0.25, 0.3) is 11.0 Å². The minimum Gasteiger partial charge on any atom is -0.372 e. The van der Waals surface area contributed by atoms with Gasteiger partial charge in [-0.05, 0) is 99.8 Å². The molecular weight excluding hydrogens is 468 g/mol. The average molecular weight is 511 g/mol. The highest BCUT2D eigenvalue weighted by atomic mass is 15.1. The predicted octanol–water partition coefficient (Wildman–Crippen LogP) is 5.41. The van der Waals surface area contributed by atoms with Crippen molar-refractivity contribution in [3.8, 4) is 0 Å². The third-order valence-corrected chi connectivity index (χ3v) is 7.92. The third-order valence-electron chi connectivity index (χ3n) is 7.92. The molecule has 1 fully saturated rings. The van der Waals surface area contributed by atoms with Gasteiger partial charge in [-0.25, -0.2) is 9.97 Å². The fourth-order valence-electron chi connectivity index (χ4n) is 5.83. The lowest BCUT2D eigenvalue weighted by Gasteiger charge is -2.15. The van der Waals surface area contributed by atoms with Gasteiger partial charge in [0.1, 0.15) is 17.8 Å². The van der Waals surface area contributed by atoms with Crippen LogP contribution in [0.3, 0.4) is 0 Å². The number of benzene rings is 2. The fourth-order valence-corrected chi connectivity index (χ4v) is 5.83. The summed E-state index contributed by atoms with van der Waals surface area (Å²) in [5.74, 6) is 1.65. The van der Waals surface area contributed by atoms with Crippen molar-refractivity contribution >= 4 is 16.9 Å². The van der Waals surface area contributed by atoms with Crippen molar-refractivity contribution in [3.05, 3.63) is 89.9 Å². The van der Waals surface area contributed by atoms with Crippen LogP contribution < -0.4 is 16.0 Å². The first-order valence-corrected chi connectivity index (χ1v) is 14.3. The first kappa shape index (κ1) is 26.4. The smallest absolute Gasteiger partial charge is 0.145 e. The number of nitrogens with zero attached hydrogens (tertiary/aromatic N) is 3. The van der Waals surface area contributed by atoms with E-state index in [1.54, 1.807) is 6.33 Å². The number of hydrogen-bond acceptors (Lipinski definition) is 5. The third kappa shape index (κ3) is 7.00. The van der Waals surface area contributed by atoms with Crippen LogP contribution in [-0.2, 0) is 19.3 Å². The van der Waals surface area contributed by atoms with Crippen LogP contribution in [0.15, 0.2) is 73.2 Å². The number of fused-ring (bicyclic) bond motifs is 1. The van der Waals surface area contributed by atoms with Crippen LogP contribution in [0.5, 0.6) is 0 Å². The van der Waals surface area contributed by atoms with Crippen molar-refractivity contribution in [2.24, 2.45) is 5.92 Å². The fraction of sp³-hybridized carbons (Fsp3) is 0.438. The number of nitrogens with one attached hydrogen (secondary N) is 3. The topological polar surface area (TPSA) is 66.8 Å². The summed E-state index contributed by atoms with van der Waals surface area (Å²) in [7, 11) is 1.92. The van der Waals surface area contributed by atoms with Gasteiger partial charge in [-0.1, -0.05) is 54.6 Å². The molecule has 0 amide bonds. The molecular formula is C32H42N6. The quantitative estimate of drug-likeness (QED) is 0.198. The molecule has 0 aliphatic heterocycles. The van der Waals surface area contributed by atoms with Crippen molar-refractivity contribution in [2.45, 2.75) is 51.0 Å². The van der Waals surface area contributed by atoms with Crippen molar-refractivity contribution in [3.63, 3.8) is 0 Å². The molecule has 2 heterocycles. The van der Waals surface area contributed by atoms with Gasteiger partial charge >= 0.3 is 0 Å². The van der Waals surface area contributed by atoms with Crippen LogP contribution in [0.2, 0.25) is 0 Å². The van der Waals surface area contributed by atoms with Gasteiger partial charge in [0.05, 0.1) is 5.39 Å². The summed E-state index contributed by atoms with van der Waals surface area (Å²) in [4.78, 5) is 8.90. The minimum atomic E-state index is 0.539. The predicted molar refractivity (Wildman–Crippen MR) is 158 cm³/mol. The molecule has 6 nitrogen and oxygen atoms in total. The standard InChI is InChI=1S/C32H42N6/c1-33-31-30-16-20-38(32(30)37-24-36-31)29-14-13-28(22-29)23-35-18-6-17-34-19-15-27-10-5-9-26(21-27)12-11-25-7-3-2-4-8-25/h2-5,7-10,16,20-21,24,28-29,34-35H,6,11-15,17-19,22-23H2,1H3,(H,33,36,37). The Hall–Kier alpha value is -3.22. The average Bonchev–Trinajstić information content (AvgIpc) is 3.61. The summed E-state index contributed by atoms with van der Waals surface area (Å²) < 4.78 is 2.36. The first-order valence-electron chi connectivity index (χ1n) is 14.3. The maximum absolute atomic E-state index is 4.56. The molecule has 0 bridgehead atoms. The van der Waals surface area contributed by atoms with E-state index in [2.05, 4.69) is 97.3 Å². The van der Waals surface area contributed by atoms with E-state index >= 15 is 0 Å². The van der Waals surface area contributed by atoms with Gasteiger partial charge in [0.25, 0.3) is 0 Å². The lowest BCUT2D eigenvalue weighted by Crippen LogP contribution is -2.26. The molecule has 0 saturated heterocycles. The van der Waals surface area contributed by atoms with Gasteiger partial charge in [-0.3, -0.25) is 0 Å². The molecule has 4 aromatic rings. The second-order valence-corrected chi connectivity index (χ2v) is 10.6. The maximum Gasteiger partial charge on any atom is 0.145 e. The lowest BCUT2D eigenvalue weighted by molar-refractivity contribution is 0.452. The molecule has 2 atom stereocenters. The van der Waals surface area contributed by atoms with Gasteiger partial charge in [-0.15, -0.1) is 0 Å². The van der Waals surface area contributed by atoms with Gasteiger partial charge < -0.3 is 20.5 Å². The summed E-state index contributed by atoms with van der Waals surface area (Å²) in [6.45, 7) is 4.30. The van der Waals surface area contributed by atoms with Gasteiger partial charge in [0, 0.05) is 19.3 Å². The SMILES string of the molecule is CNc1ncnc2c1ccn2C1CCC(CNCCCNCCc2cccc(CCc3ccccc3)c2)C1. The highest BCUT2D eigenvalue weighted by Gasteiger charge is 2.26. The van der Waals surface area contributed by atoms with Gasteiger partial charge in [0.15, 0.2) is 0 Å². The zero-order valence-electron chi connectivity index (χ0n) is 22.7. The van der Waals surface area contributed by atoms with Crippen LogP contribution in [0.1, 0.15) is 48.4 Å².